The van der Waals surface area contributed by atoms with E-state index in [9.17, 15) is 29.6 Å². The van der Waals surface area contributed by atoms with Gasteiger partial charge in [0.05, 0.1) is 11.5 Å². The molecule has 0 aliphatic carbocycles. The number of benzene rings is 2. The predicted molar refractivity (Wildman–Crippen MR) is 107 cm³/mol. The highest BCUT2D eigenvalue weighted by atomic mass is 16.6. The standard InChI is InChI=1S/C21H17N3O6/c25-19(22-18(21(27)28)15-8-4-9-16(12-15)24(29)30)17-10-5-11-23(20(17)26)13-14-6-2-1-3-7-14/h1-12,18H,13H2,(H,22,25)(H,27,28)/t18-/m0/s1. The molecule has 0 aliphatic rings. The van der Waals surface area contributed by atoms with Gasteiger partial charge in [-0.3, -0.25) is 19.7 Å². The van der Waals surface area contributed by atoms with Gasteiger partial charge in [-0.05, 0) is 23.3 Å². The predicted octanol–water partition coefficient (Wildman–Crippen LogP) is 2.36. The summed E-state index contributed by atoms with van der Waals surface area (Å²) in [5.74, 6) is -2.30. The van der Waals surface area contributed by atoms with Gasteiger partial charge < -0.3 is 15.0 Å². The highest BCUT2D eigenvalue weighted by molar-refractivity contribution is 5.96. The number of nitrogens with zero attached hydrogens (tertiary/aromatic N) is 2. The van der Waals surface area contributed by atoms with Gasteiger partial charge in [0.25, 0.3) is 17.2 Å². The normalized spacial score (nSPS) is 11.5. The molecule has 152 valence electrons. The van der Waals surface area contributed by atoms with E-state index >= 15 is 0 Å². The Hall–Kier alpha value is -4.27. The lowest BCUT2D eigenvalue weighted by Crippen LogP contribution is -2.38. The van der Waals surface area contributed by atoms with E-state index in [-0.39, 0.29) is 23.4 Å². The number of hydrogen-bond donors (Lipinski definition) is 2. The summed E-state index contributed by atoms with van der Waals surface area (Å²) in [5, 5.41) is 22.7. The Morgan fingerprint density at radius 3 is 2.47 bits per heavy atom. The first-order valence-corrected chi connectivity index (χ1v) is 8.88. The largest absolute Gasteiger partial charge is 0.479 e. The fourth-order valence-electron chi connectivity index (χ4n) is 2.93. The minimum absolute atomic E-state index is 0.0191. The zero-order valence-electron chi connectivity index (χ0n) is 15.6. The number of carbonyl (C=O) groups excluding carboxylic acids is 1. The van der Waals surface area contributed by atoms with E-state index in [1.54, 1.807) is 0 Å². The monoisotopic (exact) mass is 407 g/mol. The van der Waals surface area contributed by atoms with Crippen LogP contribution in [0.1, 0.15) is 27.5 Å². The van der Waals surface area contributed by atoms with Gasteiger partial charge >= 0.3 is 5.97 Å². The van der Waals surface area contributed by atoms with E-state index in [4.69, 9.17) is 0 Å². The molecule has 0 unspecified atom stereocenters. The van der Waals surface area contributed by atoms with E-state index in [0.717, 1.165) is 11.6 Å². The molecule has 1 atom stereocenters. The van der Waals surface area contributed by atoms with Crippen LogP contribution in [-0.2, 0) is 11.3 Å². The molecule has 3 aromatic rings. The Morgan fingerprint density at radius 1 is 1.07 bits per heavy atom. The topological polar surface area (TPSA) is 132 Å². The maximum Gasteiger partial charge on any atom is 0.330 e. The van der Waals surface area contributed by atoms with Gasteiger partial charge in [-0.15, -0.1) is 0 Å². The SMILES string of the molecule is O=C(N[C@H](C(=O)O)c1cccc([N+](=O)[O-])c1)c1cccn(Cc2ccccc2)c1=O. The summed E-state index contributed by atoms with van der Waals surface area (Å²) in [5.41, 5.74) is -0.243. The van der Waals surface area contributed by atoms with Crippen molar-refractivity contribution in [1.29, 1.82) is 0 Å². The molecule has 0 bridgehead atoms. The molecule has 1 aromatic heterocycles. The molecule has 0 spiro atoms. The molecular formula is C21H17N3O6. The van der Waals surface area contributed by atoms with Crippen molar-refractivity contribution in [3.05, 3.63) is 110 Å². The number of aliphatic carboxylic acids is 1. The minimum Gasteiger partial charge on any atom is -0.479 e. The van der Waals surface area contributed by atoms with Crippen LogP contribution in [-0.4, -0.2) is 26.5 Å². The van der Waals surface area contributed by atoms with E-state index in [1.807, 2.05) is 30.3 Å². The number of pyridine rings is 1. The Morgan fingerprint density at radius 2 is 1.80 bits per heavy atom. The third-order valence-corrected chi connectivity index (χ3v) is 4.40. The summed E-state index contributed by atoms with van der Waals surface area (Å²) in [6, 6.07) is 15.4. The van der Waals surface area contributed by atoms with Crippen molar-refractivity contribution < 1.29 is 19.6 Å². The number of carboxylic acids is 1. The number of aromatic nitrogens is 1. The van der Waals surface area contributed by atoms with Gasteiger partial charge in [-0.2, -0.15) is 0 Å². The highest BCUT2D eigenvalue weighted by Gasteiger charge is 2.25. The second-order valence-corrected chi connectivity index (χ2v) is 6.44. The Kier molecular flexibility index (Phi) is 6.02. The highest BCUT2D eigenvalue weighted by Crippen LogP contribution is 2.20. The number of nitrogens with one attached hydrogen (secondary N) is 1. The lowest BCUT2D eigenvalue weighted by atomic mass is 10.1. The van der Waals surface area contributed by atoms with Gasteiger partial charge in [0, 0.05) is 18.3 Å². The lowest BCUT2D eigenvalue weighted by Gasteiger charge is -2.15. The molecule has 0 aliphatic heterocycles. The number of nitro groups is 1. The van der Waals surface area contributed by atoms with E-state index in [2.05, 4.69) is 5.32 Å². The number of carboxylic acid groups (broad SMARTS) is 1. The summed E-state index contributed by atoms with van der Waals surface area (Å²) in [7, 11) is 0. The molecule has 2 N–H and O–H groups in total. The Bertz CT molecular complexity index is 1160. The second-order valence-electron chi connectivity index (χ2n) is 6.44. The number of rotatable bonds is 7. The average molecular weight is 407 g/mol. The molecule has 0 radical (unpaired) electrons. The van der Waals surface area contributed by atoms with Gasteiger partial charge in [0.1, 0.15) is 5.56 Å². The maximum absolute atomic E-state index is 12.7. The van der Waals surface area contributed by atoms with Crippen LogP contribution in [0.5, 0.6) is 0 Å². The van der Waals surface area contributed by atoms with E-state index < -0.39 is 28.4 Å². The first kappa shape index (κ1) is 20.5. The van der Waals surface area contributed by atoms with Crippen LogP contribution in [0.25, 0.3) is 0 Å². The fourth-order valence-corrected chi connectivity index (χ4v) is 2.93. The van der Waals surface area contributed by atoms with Crippen LogP contribution in [0, 0.1) is 10.1 Å². The van der Waals surface area contributed by atoms with Crippen molar-refractivity contribution in [3.8, 4) is 0 Å². The maximum atomic E-state index is 12.7. The molecule has 0 fully saturated rings. The van der Waals surface area contributed by atoms with Gasteiger partial charge in [0.2, 0.25) is 0 Å². The van der Waals surface area contributed by atoms with E-state index in [0.29, 0.717) is 0 Å². The zero-order valence-corrected chi connectivity index (χ0v) is 15.6. The van der Waals surface area contributed by atoms with E-state index in [1.165, 1.54) is 41.1 Å². The van der Waals surface area contributed by atoms with Gasteiger partial charge in [-0.25, -0.2) is 4.79 Å². The van der Waals surface area contributed by atoms with Crippen LogP contribution < -0.4 is 10.9 Å². The number of nitro benzene ring substituents is 1. The molecule has 1 heterocycles. The van der Waals surface area contributed by atoms with Gasteiger partial charge in [0.15, 0.2) is 6.04 Å². The summed E-state index contributed by atoms with van der Waals surface area (Å²) in [4.78, 5) is 47.3. The molecule has 0 saturated carbocycles. The lowest BCUT2D eigenvalue weighted by molar-refractivity contribution is -0.384. The van der Waals surface area contributed by atoms with Crippen LogP contribution >= 0.6 is 0 Å². The number of non-ortho nitro benzene ring substituents is 1. The molecule has 9 heteroatoms. The van der Waals surface area contributed by atoms with Crippen molar-refractivity contribution in [2.24, 2.45) is 0 Å². The van der Waals surface area contributed by atoms with Crippen molar-refractivity contribution in [2.75, 3.05) is 0 Å². The molecule has 3 rings (SSSR count). The molecular weight excluding hydrogens is 390 g/mol. The summed E-state index contributed by atoms with van der Waals surface area (Å²) < 4.78 is 1.34. The molecule has 9 nitrogen and oxygen atoms in total. The van der Waals surface area contributed by atoms with Crippen LogP contribution in [0.3, 0.4) is 0 Å². The Balaban J connectivity index is 1.87. The fraction of sp³-hybridized carbons (Fsp3) is 0.0952. The van der Waals surface area contributed by atoms with Crippen LogP contribution in [0.15, 0.2) is 77.7 Å². The number of carbonyl (C=O) groups is 2. The average Bonchev–Trinajstić information content (AvgIpc) is 2.74. The minimum atomic E-state index is -1.56. The second kappa shape index (κ2) is 8.82. The summed E-state index contributed by atoms with van der Waals surface area (Å²) >= 11 is 0. The zero-order chi connectivity index (χ0) is 21.7. The quantitative estimate of drug-likeness (QED) is 0.456. The third kappa shape index (κ3) is 4.58. The van der Waals surface area contributed by atoms with Crippen molar-refractivity contribution >= 4 is 17.6 Å². The molecule has 0 saturated heterocycles. The number of hydrogen-bond acceptors (Lipinski definition) is 5. The van der Waals surface area contributed by atoms with Crippen LogP contribution in [0.4, 0.5) is 5.69 Å². The molecule has 30 heavy (non-hydrogen) atoms. The first-order chi connectivity index (χ1) is 14.4. The molecule has 1 amide bonds. The van der Waals surface area contributed by atoms with Gasteiger partial charge in [-0.1, -0.05) is 42.5 Å². The summed E-state index contributed by atoms with van der Waals surface area (Å²) in [6.45, 7) is 0.244. The van der Waals surface area contributed by atoms with Crippen molar-refractivity contribution in [1.82, 2.24) is 9.88 Å². The third-order valence-electron chi connectivity index (χ3n) is 4.40. The Labute approximate surface area is 170 Å². The number of amides is 1. The van der Waals surface area contributed by atoms with Crippen molar-refractivity contribution in [2.45, 2.75) is 12.6 Å². The smallest absolute Gasteiger partial charge is 0.330 e. The van der Waals surface area contributed by atoms with Crippen LogP contribution in [0.2, 0.25) is 0 Å². The summed E-state index contributed by atoms with van der Waals surface area (Å²) in [6.07, 6.45) is 1.53. The first-order valence-electron chi connectivity index (χ1n) is 8.88. The van der Waals surface area contributed by atoms with Crippen molar-refractivity contribution in [3.63, 3.8) is 0 Å². The molecule has 2 aromatic carbocycles.